The van der Waals surface area contributed by atoms with Crippen molar-refractivity contribution in [1.29, 1.82) is 0 Å². The molecular formula is C24H28N2O2. The first-order valence-electron chi connectivity index (χ1n) is 10.4. The summed E-state index contributed by atoms with van der Waals surface area (Å²) in [5.41, 5.74) is 1.54. The molecule has 0 aromatic heterocycles. The van der Waals surface area contributed by atoms with Gasteiger partial charge in [0.1, 0.15) is 0 Å². The van der Waals surface area contributed by atoms with Gasteiger partial charge >= 0.3 is 0 Å². The maximum atomic E-state index is 12.9. The number of amides is 1. The van der Waals surface area contributed by atoms with Gasteiger partial charge in [0.15, 0.2) is 5.78 Å². The van der Waals surface area contributed by atoms with E-state index in [-0.39, 0.29) is 11.7 Å². The summed E-state index contributed by atoms with van der Waals surface area (Å²) in [6.07, 6.45) is 6.21. The van der Waals surface area contributed by atoms with Gasteiger partial charge in [-0.2, -0.15) is 0 Å². The van der Waals surface area contributed by atoms with Gasteiger partial charge in [0, 0.05) is 23.7 Å². The summed E-state index contributed by atoms with van der Waals surface area (Å²) < 4.78 is 0. The lowest BCUT2D eigenvalue weighted by molar-refractivity contribution is 0.0575. The van der Waals surface area contributed by atoms with Gasteiger partial charge in [-0.25, -0.2) is 0 Å². The fourth-order valence-corrected chi connectivity index (χ4v) is 4.76. The molecule has 0 aliphatic carbocycles. The Bertz CT molecular complexity index is 832. The molecule has 2 aliphatic rings. The number of fused-ring (bicyclic) bond motifs is 1. The Hall–Kier alpha value is -2.46. The van der Waals surface area contributed by atoms with Gasteiger partial charge in [-0.1, -0.05) is 55.0 Å². The highest BCUT2D eigenvalue weighted by molar-refractivity contribution is 6.15. The molecule has 0 bridgehead atoms. The van der Waals surface area contributed by atoms with Crippen LogP contribution in [0.5, 0.6) is 0 Å². The summed E-state index contributed by atoms with van der Waals surface area (Å²) in [6, 6.07) is 16.9. The molecule has 2 aliphatic heterocycles. The van der Waals surface area contributed by atoms with Gasteiger partial charge in [-0.05, 0) is 50.8 Å². The number of nitrogens with zero attached hydrogens (tertiary/aromatic N) is 1. The molecule has 1 N–H and O–H groups in total. The van der Waals surface area contributed by atoms with E-state index in [0.717, 1.165) is 0 Å². The number of nitrogens with one attached hydrogen (secondary N) is 1. The molecule has 146 valence electrons. The molecule has 2 saturated heterocycles. The Labute approximate surface area is 166 Å². The van der Waals surface area contributed by atoms with Crippen molar-refractivity contribution in [1.82, 2.24) is 10.2 Å². The van der Waals surface area contributed by atoms with E-state index in [1.807, 2.05) is 30.3 Å². The summed E-state index contributed by atoms with van der Waals surface area (Å²) in [5.74, 6) is 0.255. The predicted octanol–water partition coefficient (Wildman–Crippen LogP) is 3.91. The number of hydrogen-bond donors (Lipinski definition) is 1. The lowest BCUT2D eigenvalue weighted by Crippen LogP contribution is -2.51. The SMILES string of the molecule is O=C(NCC1CCCN2CCCCC12)c1ccccc1C(=O)c1ccccc1. The van der Waals surface area contributed by atoms with Crippen LogP contribution in [0.25, 0.3) is 0 Å². The number of carbonyl (C=O) groups is 2. The van der Waals surface area contributed by atoms with Crippen molar-refractivity contribution in [2.24, 2.45) is 5.92 Å². The molecule has 2 aromatic carbocycles. The second-order valence-electron chi connectivity index (χ2n) is 7.95. The Morgan fingerprint density at radius 3 is 2.39 bits per heavy atom. The Balaban J connectivity index is 1.46. The van der Waals surface area contributed by atoms with Crippen molar-refractivity contribution < 1.29 is 9.59 Å². The first kappa shape index (κ1) is 18.9. The molecule has 0 spiro atoms. The van der Waals surface area contributed by atoms with Crippen LogP contribution in [0.15, 0.2) is 54.6 Å². The van der Waals surface area contributed by atoms with Crippen LogP contribution in [0.4, 0.5) is 0 Å². The standard InChI is InChI=1S/C24H28N2O2/c27-23(18-9-2-1-3-10-18)20-12-4-5-13-21(20)24(28)25-17-19-11-8-16-26-15-7-6-14-22(19)26/h1-5,9-10,12-13,19,22H,6-8,11,14-17H2,(H,25,28). The van der Waals surface area contributed by atoms with E-state index in [1.165, 1.54) is 45.2 Å². The number of ketones is 1. The van der Waals surface area contributed by atoms with Gasteiger partial charge in [0.05, 0.1) is 5.56 Å². The molecule has 0 radical (unpaired) electrons. The highest BCUT2D eigenvalue weighted by Crippen LogP contribution is 2.30. The third-order valence-electron chi connectivity index (χ3n) is 6.21. The molecule has 4 nitrogen and oxygen atoms in total. The van der Waals surface area contributed by atoms with E-state index in [9.17, 15) is 9.59 Å². The van der Waals surface area contributed by atoms with Crippen LogP contribution in [0, 0.1) is 5.92 Å². The van der Waals surface area contributed by atoms with Crippen LogP contribution in [-0.4, -0.2) is 42.3 Å². The number of carbonyl (C=O) groups excluding carboxylic acids is 2. The maximum absolute atomic E-state index is 12.9. The fourth-order valence-electron chi connectivity index (χ4n) is 4.76. The molecule has 2 aromatic rings. The molecule has 2 unspecified atom stereocenters. The van der Waals surface area contributed by atoms with Crippen molar-refractivity contribution in [3.05, 3.63) is 71.3 Å². The number of rotatable bonds is 5. The van der Waals surface area contributed by atoms with Gasteiger partial charge in [-0.15, -0.1) is 0 Å². The van der Waals surface area contributed by atoms with Crippen LogP contribution in [-0.2, 0) is 0 Å². The molecule has 2 atom stereocenters. The van der Waals surface area contributed by atoms with Gasteiger partial charge in [0.25, 0.3) is 5.91 Å². The molecular weight excluding hydrogens is 348 g/mol. The van der Waals surface area contributed by atoms with E-state index < -0.39 is 0 Å². The van der Waals surface area contributed by atoms with Crippen LogP contribution in [0.2, 0.25) is 0 Å². The Kier molecular flexibility index (Phi) is 5.87. The lowest BCUT2D eigenvalue weighted by Gasteiger charge is -2.44. The molecule has 1 amide bonds. The van der Waals surface area contributed by atoms with E-state index in [2.05, 4.69) is 10.2 Å². The second-order valence-corrected chi connectivity index (χ2v) is 7.95. The van der Waals surface area contributed by atoms with E-state index in [4.69, 9.17) is 0 Å². The summed E-state index contributed by atoms with van der Waals surface area (Å²) in [5, 5.41) is 3.13. The van der Waals surface area contributed by atoms with Crippen LogP contribution in [0.3, 0.4) is 0 Å². The smallest absolute Gasteiger partial charge is 0.252 e. The lowest BCUT2D eigenvalue weighted by atomic mass is 9.83. The molecule has 28 heavy (non-hydrogen) atoms. The van der Waals surface area contributed by atoms with Gasteiger partial charge in [-0.3, -0.25) is 9.59 Å². The number of benzene rings is 2. The highest BCUT2D eigenvalue weighted by atomic mass is 16.2. The normalized spacial score (nSPS) is 22.3. The van der Waals surface area contributed by atoms with Crippen LogP contribution < -0.4 is 5.32 Å². The second kappa shape index (κ2) is 8.70. The highest BCUT2D eigenvalue weighted by Gasteiger charge is 2.33. The average Bonchev–Trinajstić information content (AvgIpc) is 2.77. The van der Waals surface area contributed by atoms with Crippen molar-refractivity contribution in [2.45, 2.75) is 38.1 Å². The monoisotopic (exact) mass is 376 g/mol. The minimum absolute atomic E-state index is 0.109. The first-order chi connectivity index (χ1) is 13.7. The topological polar surface area (TPSA) is 49.4 Å². The number of hydrogen-bond acceptors (Lipinski definition) is 3. The van der Waals surface area contributed by atoms with E-state index in [1.54, 1.807) is 24.3 Å². The van der Waals surface area contributed by atoms with Gasteiger partial charge in [0.2, 0.25) is 0 Å². The third kappa shape index (κ3) is 4.02. The summed E-state index contributed by atoms with van der Waals surface area (Å²) >= 11 is 0. The van der Waals surface area contributed by atoms with Crippen LogP contribution in [0.1, 0.15) is 58.4 Å². The van der Waals surface area contributed by atoms with Crippen molar-refractivity contribution in [3.63, 3.8) is 0 Å². The van der Waals surface area contributed by atoms with Crippen molar-refractivity contribution in [2.75, 3.05) is 19.6 Å². The third-order valence-corrected chi connectivity index (χ3v) is 6.21. The maximum Gasteiger partial charge on any atom is 0.252 e. The quantitative estimate of drug-likeness (QED) is 0.805. The Morgan fingerprint density at radius 1 is 0.857 bits per heavy atom. The predicted molar refractivity (Wildman–Crippen MR) is 111 cm³/mol. The molecule has 2 heterocycles. The molecule has 4 heteroatoms. The van der Waals surface area contributed by atoms with E-state index in [0.29, 0.717) is 35.2 Å². The minimum Gasteiger partial charge on any atom is -0.352 e. The van der Waals surface area contributed by atoms with Crippen LogP contribution >= 0.6 is 0 Å². The summed E-state index contributed by atoms with van der Waals surface area (Å²) in [7, 11) is 0. The fraction of sp³-hybridized carbons (Fsp3) is 0.417. The molecule has 0 saturated carbocycles. The molecule has 2 fully saturated rings. The minimum atomic E-state index is -0.146. The molecule has 4 rings (SSSR count). The first-order valence-corrected chi connectivity index (χ1v) is 10.4. The van der Waals surface area contributed by atoms with Crippen molar-refractivity contribution in [3.8, 4) is 0 Å². The van der Waals surface area contributed by atoms with E-state index >= 15 is 0 Å². The summed E-state index contributed by atoms with van der Waals surface area (Å²) in [4.78, 5) is 28.4. The Morgan fingerprint density at radius 2 is 1.57 bits per heavy atom. The van der Waals surface area contributed by atoms with Crippen molar-refractivity contribution >= 4 is 11.7 Å². The zero-order valence-electron chi connectivity index (χ0n) is 16.3. The number of piperidine rings is 2. The van der Waals surface area contributed by atoms with Gasteiger partial charge < -0.3 is 10.2 Å². The largest absolute Gasteiger partial charge is 0.352 e. The zero-order valence-corrected chi connectivity index (χ0v) is 16.3. The zero-order chi connectivity index (χ0) is 19.3. The average molecular weight is 377 g/mol. The summed E-state index contributed by atoms with van der Waals surface area (Å²) in [6.45, 7) is 3.08.